The summed E-state index contributed by atoms with van der Waals surface area (Å²) in [7, 11) is 0. The van der Waals surface area contributed by atoms with Crippen LogP contribution in [0.5, 0.6) is 0 Å². The number of hydrogen-bond donors (Lipinski definition) is 0. The van der Waals surface area contributed by atoms with Gasteiger partial charge in [0.15, 0.2) is 0 Å². The Balaban J connectivity index is 1.60. The second kappa shape index (κ2) is 8.42. The predicted octanol–water partition coefficient (Wildman–Crippen LogP) is 5.41. The fraction of sp³-hybridized carbons (Fsp3) is 0.269. The topological polar surface area (TPSA) is 27.0 Å². The van der Waals surface area contributed by atoms with Gasteiger partial charge in [-0.05, 0) is 48.5 Å². The molecule has 0 bridgehead atoms. The molecule has 0 N–H and O–H groups in total. The molecular weight excluding hydrogens is 340 g/mol. The number of hydrogen-bond acceptors (Lipinski definition) is 2. The molecule has 1 saturated heterocycles. The molecule has 0 atom stereocenters. The molecule has 140 valence electrons. The average Bonchev–Trinajstić information content (AvgIpc) is 2.78. The SMILES string of the molecule is N#CC(c1ccccc1)(c1ccccc1)C1CCN(Cc2ccccc2)CC1. The van der Waals surface area contributed by atoms with Crippen LogP contribution in [0.25, 0.3) is 0 Å². The molecule has 3 aromatic carbocycles. The summed E-state index contributed by atoms with van der Waals surface area (Å²) in [5, 5.41) is 10.5. The van der Waals surface area contributed by atoms with Gasteiger partial charge < -0.3 is 0 Å². The summed E-state index contributed by atoms with van der Waals surface area (Å²) in [5.41, 5.74) is 3.01. The Morgan fingerprint density at radius 3 is 1.68 bits per heavy atom. The molecule has 1 aliphatic heterocycles. The van der Waals surface area contributed by atoms with Gasteiger partial charge in [0.05, 0.1) is 6.07 Å². The summed E-state index contributed by atoms with van der Waals surface area (Å²) in [5.74, 6) is 0.314. The number of rotatable bonds is 5. The van der Waals surface area contributed by atoms with Crippen molar-refractivity contribution >= 4 is 0 Å². The lowest BCUT2D eigenvalue weighted by Gasteiger charge is -2.41. The van der Waals surface area contributed by atoms with Crippen molar-refractivity contribution in [2.24, 2.45) is 5.92 Å². The summed E-state index contributed by atoms with van der Waals surface area (Å²) < 4.78 is 0. The van der Waals surface area contributed by atoms with Crippen molar-refractivity contribution in [1.82, 2.24) is 4.90 Å². The second-order valence-corrected chi connectivity index (χ2v) is 7.69. The second-order valence-electron chi connectivity index (χ2n) is 7.69. The van der Waals surface area contributed by atoms with E-state index in [-0.39, 0.29) is 0 Å². The van der Waals surface area contributed by atoms with Crippen LogP contribution in [-0.2, 0) is 12.0 Å². The first-order valence-corrected chi connectivity index (χ1v) is 10.1. The minimum absolute atomic E-state index is 0.314. The minimum Gasteiger partial charge on any atom is -0.299 e. The zero-order valence-electron chi connectivity index (χ0n) is 16.2. The molecule has 1 fully saturated rings. The van der Waals surface area contributed by atoms with Crippen LogP contribution >= 0.6 is 0 Å². The van der Waals surface area contributed by atoms with Crippen LogP contribution in [0.4, 0.5) is 0 Å². The van der Waals surface area contributed by atoms with E-state index >= 15 is 0 Å². The van der Waals surface area contributed by atoms with E-state index in [4.69, 9.17) is 0 Å². The van der Waals surface area contributed by atoms with Gasteiger partial charge in [-0.15, -0.1) is 0 Å². The van der Waals surface area contributed by atoms with Crippen molar-refractivity contribution in [3.05, 3.63) is 108 Å². The van der Waals surface area contributed by atoms with E-state index in [2.05, 4.69) is 89.8 Å². The molecule has 1 aliphatic rings. The molecule has 0 spiro atoms. The Morgan fingerprint density at radius 2 is 1.21 bits per heavy atom. The number of piperidine rings is 1. The van der Waals surface area contributed by atoms with E-state index < -0.39 is 5.41 Å². The van der Waals surface area contributed by atoms with Gasteiger partial charge in [-0.2, -0.15) is 5.26 Å². The highest BCUT2D eigenvalue weighted by Crippen LogP contribution is 2.43. The van der Waals surface area contributed by atoms with Crippen LogP contribution in [-0.4, -0.2) is 18.0 Å². The van der Waals surface area contributed by atoms with Crippen LogP contribution in [0.3, 0.4) is 0 Å². The molecule has 0 amide bonds. The molecule has 2 heteroatoms. The normalized spacial score (nSPS) is 15.8. The van der Waals surface area contributed by atoms with E-state index in [1.807, 2.05) is 12.1 Å². The first kappa shape index (κ1) is 18.5. The Hall–Kier alpha value is -2.89. The number of benzene rings is 3. The van der Waals surface area contributed by atoms with Crippen molar-refractivity contribution in [1.29, 1.82) is 5.26 Å². The Labute approximate surface area is 168 Å². The van der Waals surface area contributed by atoms with Gasteiger partial charge in [-0.3, -0.25) is 4.90 Å². The molecule has 0 radical (unpaired) electrons. The number of nitrogens with zero attached hydrogens (tertiary/aromatic N) is 2. The molecule has 0 unspecified atom stereocenters. The molecule has 3 aromatic rings. The highest BCUT2D eigenvalue weighted by molar-refractivity contribution is 5.47. The van der Waals surface area contributed by atoms with Gasteiger partial charge in [0.1, 0.15) is 5.41 Å². The summed E-state index contributed by atoms with van der Waals surface area (Å²) in [6, 6.07) is 34.2. The fourth-order valence-electron chi connectivity index (χ4n) is 4.63. The van der Waals surface area contributed by atoms with E-state index in [0.717, 1.165) is 43.6 Å². The van der Waals surface area contributed by atoms with Crippen LogP contribution in [0.2, 0.25) is 0 Å². The van der Waals surface area contributed by atoms with Gasteiger partial charge in [0.2, 0.25) is 0 Å². The third kappa shape index (κ3) is 3.59. The maximum atomic E-state index is 10.5. The lowest BCUT2D eigenvalue weighted by Crippen LogP contribution is -2.43. The molecule has 2 nitrogen and oxygen atoms in total. The summed E-state index contributed by atoms with van der Waals surface area (Å²) >= 11 is 0. The van der Waals surface area contributed by atoms with Crippen molar-refractivity contribution < 1.29 is 0 Å². The standard InChI is InChI=1S/C26H26N2/c27-21-26(23-12-6-2-7-13-23,24-14-8-3-9-15-24)25-16-18-28(19-17-25)20-22-10-4-1-5-11-22/h1-15,25H,16-20H2. The molecular formula is C26H26N2. The molecule has 28 heavy (non-hydrogen) atoms. The van der Waals surface area contributed by atoms with Gasteiger partial charge in [-0.1, -0.05) is 91.0 Å². The van der Waals surface area contributed by atoms with Gasteiger partial charge in [-0.25, -0.2) is 0 Å². The van der Waals surface area contributed by atoms with Crippen LogP contribution < -0.4 is 0 Å². The average molecular weight is 367 g/mol. The smallest absolute Gasteiger partial charge is 0.110 e. The first-order chi connectivity index (χ1) is 13.8. The lowest BCUT2D eigenvalue weighted by atomic mass is 9.64. The third-order valence-corrected chi connectivity index (χ3v) is 6.08. The number of likely N-dealkylation sites (tertiary alicyclic amines) is 1. The van der Waals surface area contributed by atoms with Crippen LogP contribution in [0, 0.1) is 17.2 Å². The molecule has 1 heterocycles. The van der Waals surface area contributed by atoms with Gasteiger partial charge >= 0.3 is 0 Å². The van der Waals surface area contributed by atoms with Crippen LogP contribution in [0.15, 0.2) is 91.0 Å². The van der Waals surface area contributed by atoms with Gasteiger partial charge in [0, 0.05) is 6.54 Å². The highest BCUT2D eigenvalue weighted by Gasteiger charge is 2.43. The predicted molar refractivity (Wildman–Crippen MR) is 114 cm³/mol. The highest BCUT2D eigenvalue weighted by atomic mass is 15.1. The van der Waals surface area contributed by atoms with Crippen LogP contribution in [0.1, 0.15) is 29.5 Å². The zero-order valence-corrected chi connectivity index (χ0v) is 16.2. The quantitative estimate of drug-likeness (QED) is 0.604. The molecule has 0 aliphatic carbocycles. The lowest BCUT2D eigenvalue weighted by molar-refractivity contribution is 0.153. The number of nitriles is 1. The zero-order chi connectivity index (χ0) is 19.2. The largest absolute Gasteiger partial charge is 0.299 e. The summed E-state index contributed by atoms with van der Waals surface area (Å²) in [4.78, 5) is 2.52. The fourth-order valence-corrected chi connectivity index (χ4v) is 4.63. The van der Waals surface area contributed by atoms with Crippen molar-refractivity contribution in [3.8, 4) is 6.07 Å². The summed E-state index contributed by atoms with van der Waals surface area (Å²) in [6.45, 7) is 3.05. The maximum Gasteiger partial charge on any atom is 0.110 e. The monoisotopic (exact) mass is 366 g/mol. The van der Waals surface area contributed by atoms with Crippen molar-refractivity contribution in [3.63, 3.8) is 0 Å². The Bertz CT molecular complexity index is 865. The van der Waals surface area contributed by atoms with E-state index in [0.29, 0.717) is 5.92 Å². The van der Waals surface area contributed by atoms with E-state index in [1.165, 1.54) is 5.56 Å². The molecule has 4 rings (SSSR count). The van der Waals surface area contributed by atoms with Crippen molar-refractivity contribution in [2.45, 2.75) is 24.8 Å². The van der Waals surface area contributed by atoms with Crippen molar-refractivity contribution in [2.75, 3.05) is 13.1 Å². The Morgan fingerprint density at radius 1 is 0.750 bits per heavy atom. The summed E-state index contributed by atoms with van der Waals surface area (Å²) in [6.07, 6.45) is 2.06. The molecule has 0 aromatic heterocycles. The Kier molecular flexibility index (Phi) is 5.55. The van der Waals surface area contributed by atoms with E-state index in [9.17, 15) is 5.26 Å². The van der Waals surface area contributed by atoms with Gasteiger partial charge in [0.25, 0.3) is 0 Å². The molecule has 0 saturated carbocycles. The van der Waals surface area contributed by atoms with E-state index in [1.54, 1.807) is 0 Å². The first-order valence-electron chi connectivity index (χ1n) is 10.1. The minimum atomic E-state index is -0.582. The maximum absolute atomic E-state index is 10.5. The third-order valence-electron chi connectivity index (χ3n) is 6.08.